The minimum atomic E-state index is 0.866. The first-order valence-corrected chi connectivity index (χ1v) is 5.59. The number of imidazole rings is 1. The van der Waals surface area contributed by atoms with Crippen LogP contribution in [0.15, 0.2) is 12.4 Å². The van der Waals surface area contributed by atoms with E-state index in [9.17, 15) is 0 Å². The summed E-state index contributed by atoms with van der Waals surface area (Å²) in [6, 6.07) is 0. The maximum absolute atomic E-state index is 4.25. The van der Waals surface area contributed by atoms with Crippen molar-refractivity contribution < 1.29 is 0 Å². The molecule has 0 aromatic carbocycles. The van der Waals surface area contributed by atoms with Gasteiger partial charge in [0.15, 0.2) is 0 Å². The van der Waals surface area contributed by atoms with Crippen LogP contribution in [0.5, 0.6) is 0 Å². The summed E-state index contributed by atoms with van der Waals surface area (Å²) in [6.07, 6.45) is 11.0. The molecule has 0 amide bonds. The van der Waals surface area contributed by atoms with Gasteiger partial charge >= 0.3 is 0 Å². The highest BCUT2D eigenvalue weighted by atomic mass is 15.2. The van der Waals surface area contributed by atoms with Crippen molar-refractivity contribution in [3.8, 4) is 0 Å². The Labute approximate surface area is 85.5 Å². The van der Waals surface area contributed by atoms with Gasteiger partial charge in [-0.15, -0.1) is 0 Å². The van der Waals surface area contributed by atoms with Crippen molar-refractivity contribution in [2.75, 3.05) is 12.4 Å². The average Bonchev–Trinajstić information content (AvgIpc) is 2.67. The monoisotopic (exact) mass is 193 g/mol. The molecule has 14 heavy (non-hydrogen) atoms. The van der Waals surface area contributed by atoms with Crippen molar-refractivity contribution >= 4 is 5.95 Å². The van der Waals surface area contributed by atoms with Gasteiger partial charge in [0.05, 0.1) is 0 Å². The van der Waals surface area contributed by atoms with Crippen molar-refractivity contribution in [3.63, 3.8) is 0 Å². The first-order chi connectivity index (χ1) is 6.90. The zero-order valence-corrected chi connectivity index (χ0v) is 8.87. The minimum absolute atomic E-state index is 0.866. The Balaban J connectivity index is 1.95. The van der Waals surface area contributed by atoms with Crippen LogP contribution in [0, 0.1) is 5.92 Å². The molecular formula is C11H19N3. The van der Waals surface area contributed by atoms with Crippen LogP contribution in [0.2, 0.25) is 0 Å². The lowest BCUT2D eigenvalue weighted by molar-refractivity contribution is 0.320. The molecule has 0 aliphatic heterocycles. The molecule has 1 heterocycles. The predicted octanol–water partition coefficient (Wildman–Crippen LogP) is 2.51. The van der Waals surface area contributed by atoms with Crippen LogP contribution in [0.3, 0.4) is 0 Å². The maximum atomic E-state index is 4.25. The van der Waals surface area contributed by atoms with Crippen LogP contribution >= 0.6 is 0 Å². The Morgan fingerprint density at radius 1 is 1.43 bits per heavy atom. The Morgan fingerprint density at radius 3 is 2.93 bits per heavy atom. The zero-order chi connectivity index (χ0) is 9.80. The van der Waals surface area contributed by atoms with E-state index in [-0.39, 0.29) is 0 Å². The summed E-state index contributed by atoms with van der Waals surface area (Å²) >= 11 is 0. The summed E-state index contributed by atoms with van der Waals surface area (Å²) in [6.45, 7) is 1.14. The highest BCUT2D eigenvalue weighted by molar-refractivity contribution is 5.24. The van der Waals surface area contributed by atoms with Crippen molar-refractivity contribution in [1.82, 2.24) is 9.55 Å². The SMILES string of the molecule is CNc1nccn1CC1CCCCC1. The predicted molar refractivity (Wildman–Crippen MR) is 58.3 cm³/mol. The molecule has 1 saturated carbocycles. The van der Waals surface area contributed by atoms with Gasteiger partial charge in [0.25, 0.3) is 0 Å². The second-order valence-electron chi connectivity index (χ2n) is 4.16. The molecule has 2 rings (SSSR count). The number of nitrogens with one attached hydrogen (secondary N) is 1. The Hall–Kier alpha value is -0.990. The molecular weight excluding hydrogens is 174 g/mol. The van der Waals surface area contributed by atoms with Crippen molar-refractivity contribution in [3.05, 3.63) is 12.4 Å². The fourth-order valence-corrected chi connectivity index (χ4v) is 2.33. The molecule has 3 nitrogen and oxygen atoms in total. The second-order valence-corrected chi connectivity index (χ2v) is 4.16. The third kappa shape index (κ3) is 2.08. The summed E-state index contributed by atoms with van der Waals surface area (Å²) in [5.41, 5.74) is 0. The van der Waals surface area contributed by atoms with Gasteiger partial charge in [0.1, 0.15) is 0 Å². The number of anilines is 1. The van der Waals surface area contributed by atoms with E-state index in [0.29, 0.717) is 0 Å². The molecule has 3 heteroatoms. The molecule has 1 N–H and O–H groups in total. The molecule has 1 aliphatic rings. The Morgan fingerprint density at radius 2 is 2.21 bits per heavy atom. The lowest BCUT2D eigenvalue weighted by Crippen LogP contribution is -2.15. The number of aromatic nitrogens is 2. The third-order valence-corrected chi connectivity index (χ3v) is 3.12. The lowest BCUT2D eigenvalue weighted by atomic mass is 9.89. The second kappa shape index (κ2) is 4.49. The first kappa shape index (κ1) is 9.56. The van der Waals surface area contributed by atoms with E-state index in [1.165, 1.54) is 32.1 Å². The Bertz CT molecular complexity index is 274. The smallest absolute Gasteiger partial charge is 0.202 e. The first-order valence-electron chi connectivity index (χ1n) is 5.59. The molecule has 1 aromatic rings. The van der Waals surface area contributed by atoms with Gasteiger partial charge in [-0.2, -0.15) is 0 Å². The van der Waals surface area contributed by atoms with Gasteiger partial charge in [0.2, 0.25) is 5.95 Å². The highest BCUT2D eigenvalue weighted by Gasteiger charge is 2.14. The summed E-state index contributed by atoms with van der Waals surface area (Å²) in [5.74, 6) is 1.86. The molecule has 0 bridgehead atoms. The number of hydrogen-bond donors (Lipinski definition) is 1. The molecule has 1 aliphatic carbocycles. The largest absolute Gasteiger partial charge is 0.359 e. The van der Waals surface area contributed by atoms with Crippen LogP contribution in [0.1, 0.15) is 32.1 Å². The van der Waals surface area contributed by atoms with Gasteiger partial charge in [-0.1, -0.05) is 19.3 Å². The minimum Gasteiger partial charge on any atom is -0.359 e. The molecule has 0 saturated heterocycles. The lowest BCUT2D eigenvalue weighted by Gasteiger charge is -2.22. The molecule has 1 fully saturated rings. The summed E-state index contributed by atoms with van der Waals surface area (Å²) in [5, 5.41) is 3.12. The number of nitrogens with zero attached hydrogens (tertiary/aromatic N) is 2. The van der Waals surface area contributed by atoms with Gasteiger partial charge in [0, 0.05) is 26.0 Å². The molecule has 0 spiro atoms. The standard InChI is InChI=1S/C11H19N3/c1-12-11-13-7-8-14(11)9-10-5-3-2-4-6-10/h7-8,10H,2-6,9H2,1H3,(H,12,13). The molecule has 0 radical (unpaired) electrons. The fourth-order valence-electron chi connectivity index (χ4n) is 2.33. The van der Waals surface area contributed by atoms with Crippen LogP contribution in [-0.4, -0.2) is 16.6 Å². The topological polar surface area (TPSA) is 29.9 Å². The van der Waals surface area contributed by atoms with Crippen LogP contribution in [-0.2, 0) is 6.54 Å². The number of rotatable bonds is 3. The van der Waals surface area contributed by atoms with E-state index < -0.39 is 0 Å². The maximum Gasteiger partial charge on any atom is 0.202 e. The van der Waals surface area contributed by atoms with E-state index in [1.807, 2.05) is 13.2 Å². The quantitative estimate of drug-likeness (QED) is 0.799. The molecule has 0 atom stereocenters. The van der Waals surface area contributed by atoms with E-state index >= 15 is 0 Å². The Kier molecular flexibility index (Phi) is 3.07. The van der Waals surface area contributed by atoms with E-state index in [0.717, 1.165) is 18.4 Å². The number of hydrogen-bond acceptors (Lipinski definition) is 2. The molecule has 0 unspecified atom stereocenters. The normalized spacial score (nSPS) is 18.4. The summed E-state index contributed by atoms with van der Waals surface area (Å²) in [7, 11) is 1.93. The summed E-state index contributed by atoms with van der Waals surface area (Å²) < 4.78 is 2.23. The van der Waals surface area contributed by atoms with E-state index in [2.05, 4.69) is 21.1 Å². The average molecular weight is 193 g/mol. The van der Waals surface area contributed by atoms with Crippen molar-refractivity contribution in [2.45, 2.75) is 38.6 Å². The van der Waals surface area contributed by atoms with Crippen LogP contribution in [0.4, 0.5) is 5.95 Å². The van der Waals surface area contributed by atoms with Crippen molar-refractivity contribution in [1.29, 1.82) is 0 Å². The molecule has 78 valence electrons. The highest BCUT2D eigenvalue weighted by Crippen LogP contribution is 2.25. The van der Waals surface area contributed by atoms with Gasteiger partial charge in [-0.05, 0) is 18.8 Å². The van der Waals surface area contributed by atoms with Gasteiger partial charge in [-0.3, -0.25) is 0 Å². The van der Waals surface area contributed by atoms with Gasteiger partial charge in [-0.25, -0.2) is 4.98 Å². The zero-order valence-electron chi connectivity index (χ0n) is 8.87. The van der Waals surface area contributed by atoms with Crippen molar-refractivity contribution in [2.24, 2.45) is 5.92 Å². The fraction of sp³-hybridized carbons (Fsp3) is 0.727. The summed E-state index contributed by atoms with van der Waals surface area (Å²) in [4.78, 5) is 4.25. The van der Waals surface area contributed by atoms with Crippen LogP contribution in [0.25, 0.3) is 0 Å². The third-order valence-electron chi connectivity index (χ3n) is 3.12. The van der Waals surface area contributed by atoms with Crippen LogP contribution < -0.4 is 5.32 Å². The van der Waals surface area contributed by atoms with Gasteiger partial charge < -0.3 is 9.88 Å². The van der Waals surface area contributed by atoms with E-state index in [1.54, 1.807) is 0 Å². The van der Waals surface area contributed by atoms with E-state index in [4.69, 9.17) is 0 Å². The molecule has 1 aromatic heterocycles.